The molecule has 8 nitrogen and oxygen atoms in total. The van der Waals surface area contributed by atoms with Crippen LogP contribution in [0.5, 0.6) is 11.5 Å². The summed E-state index contributed by atoms with van der Waals surface area (Å²) in [7, 11) is 0. The molecule has 1 saturated heterocycles. The monoisotopic (exact) mass is 567 g/mol. The molecule has 2 heterocycles. The average Bonchev–Trinajstić information content (AvgIpc) is 3.23. The molecule has 5 rings (SSSR count). The van der Waals surface area contributed by atoms with Crippen LogP contribution in [-0.4, -0.2) is 78.9 Å². The van der Waals surface area contributed by atoms with E-state index in [9.17, 15) is 14.4 Å². The van der Waals surface area contributed by atoms with E-state index in [1.54, 1.807) is 18.2 Å². The van der Waals surface area contributed by atoms with Crippen LogP contribution in [0.3, 0.4) is 0 Å². The molecule has 2 aliphatic heterocycles. The Hall–Kier alpha value is -4.30. The number of allylic oxidation sites excluding steroid dienone is 5. The van der Waals surface area contributed by atoms with Crippen molar-refractivity contribution in [1.82, 2.24) is 9.80 Å². The summed E-state index contributed by atoms with van der Waals surface area (Å²) in [6.07, 6.45) is 9.05. The summed E-state index contributed by atoms with van der Waals surface area (Å²) in [6, 6.07) is 12.9. The minimum absolute atomic E-state index is 0.00462. The molecular weight excluding hydrogens is 530 g/mol. The normalized spacial score (nSPS) is 19.0. The first-order valence-corrected chi connectivity index (χ1v) is 14.5. The molecule has 0 bridgehead atoms. The predicted octanol–water partition coefficient (Wildman–Crippen LogP) is 4.70. The van der Waals surface area contributed by atoms with E-state index < -0.39 is 5.92 Å². The van der Waals surface area contributed by atoms with Crippen molar-refractivity contribution in [2.45, 2.75) is 39.2 Å². The quantitative estimate of drug-likeness (QED) is 0.409. The molecule has 1 aliphatic carbocycles. The number of piperazine rings is 1. The molecule has 1 amide bonds. The highest BCUT2D eigenvalue weighted by molar-refractivity contribution is 6.22. The van der Waals surface area contributed by atoms with Gasteiger partial charge in [0.2, 0.25) is 0 Å². The molecule has 8 heteroatoms. The first-order valence-electron chi connectivity index (χ1n) is 14.5. The van der Waals surface area contributed by atoms with Crippen molar-refractivity contribution in [1.29, 1.82) is 0 Å². The van der Waals surface area contributed by atoms with Crippen LogP contribution in [0.15, 0.2) is 83.0 Å². The van der Waals surface area contributed by atoms with Gasteiger partial charge in [0.25, 0.3) is 5.91 Å². The number of carbonyl (C=O) groups is 3. The van der Waals surface area contributed by atoms with Crippen LogP contribution in [0.25, 0.3) is 0 Å². The second-order valence-electron chi connectivity index (χ2n) is 11.1. The Morgan fingerprint density at radius 3 is 2.57 bits per heavy atom. The lowest BCUT2D eigenvalue weighted by Crippen LogP contribution is -2.51. The van der Waals surface area contributed by atoms with E-state index in [0.717, 1.165) is 11.8 Å². The fourth-order valence-electron chi connectivity index (χ4n) is 5.39. The molecule has 0 aromatic heterocycles. The van der Waals surface area contributed by atoms with Gasteiger partial charge >= 0.3 is 0 Å². The van der Waals surface area contributed by atoms with Gasteiger partial charge in [0.05, 0.1) is 17.7 Å². The summed E-state index contributed by atoms with van der Waals surface area (Å²) in [6.45, 7) is 8.73. The molecule has 1 fully saturated rings. The number of hydrogen-bond donors (Lipinski definition) is 0. The molecule has 2 aromatic carbocycles. The van der Waals surface area contributed by atoms with Crippen LogP contribution in [0.2, 0.25) is 0 Å². The molecule has 2 aromatic rings. The van der Waals surface area contributed by atoms with E-state index in [4.69, 9.17) is 14.5 Å². The molecular formula is C34H37N3O5. The van der Waals surface area contributed by atoms with Gasteiger partial charge in [-0.1, -0.05) is 35.9 Å². The Morgan fingerprint density at radius 1 is 1.10 bits per heavy atom. The number of fused-ring (bicyclic) bond motifs is 1. The summed E-state index contributed by atoms with van der Waals surface area (Å²) in [5.74, 6) is 0.454. The minimum atomic E-state index is -0.684. The summed E-state index contributed by atoms with van der Waals surface area (Å²) in [5.41, 5.74) is 4.21. The van der Waals surface area contributed by atoms with Gasteiger partial charge in [-0.3, -0.25) is 24.3 Å². The Labute approximate surface area is 247 Å². The number of aliphatic imine (C=N–C) groups is 1. The van der Waals surface area contributed by atoms with Crippen molar-refractivity contribution in [3.05, 3.63) is 94.7 Å². The number of carbonyl (C=O) groups excluding carboxylic acids is 3. The summed E-state index contributed by atoms with van der Waals surface area (Å²) >= 11 is 0. The van der Waals surface area contributed by atoms with Gasteiger partial charge in [-0.05, 0) is 63.6 Å². The first kappa shape index (κ1) is 29.2. The number of nitrogens with zero attached hydrogens (tertiary/aromatic N) is 3. The van der Waals surface area contributed by atoms with Crippen molar-refractivity contribution in [2.75, 3.05) is 39.3 Å². The molecule has 0 N–H and O–H groups in total. The van der Waals surface area contributed by atoms with Crippen molar-refractivity contribution >= 4 is 23.7 Å². The highest BCUT2D eigenvalue weighted by Gasteiger charge is 2.38. The molecule has 3 aliphatic rings. The van der Waals surface area contributed by atoms with Gasteiger partial charge in [-0.25, -0.2) is 0 Å². The fraction of sp³-hybridized carbons (Fsp3) is 0.353. The molecule has 218 valence electrons. The van der Waals surface area contributed by atoms with Gasteiger partial charge in [0.1, 0.15) is 17.8 Å². The molecule has 0 spiro atoms. The van der Waals surface area contributed by atoms with Gasteiger partial charge in [-0.2, -0.15) is 0 Å². The van der Waals surface area contributed by atoms with E-state index in [1.807, 2.05) is 74.2 Å². The number of rotatable bonds is 9. The third-order valence-corrected chi connectivity index (χ3v) is 7.58. The SMILES string of the molecule is Cc1ccc(OCC(=O)N2CCN(CC3=NC4=CCC=CC=C4C(=O)C3c3cc(C=O)ccc3OC(C)C)CC2)cc1. The average molecular weight is 568 g/mol. The maximum atomic E-state index is 14.1. The van der Waals surface area contributed by atoms with Crippen molar-refractivity contribution in [2.24, 2.45) is 4.99 Å². The summed E-state index contributed by atoms with van der Waals surface area (Å²) in [5, 5.41) is 0. The largest absolute Gasteiger partial charge is 0.491 e. The van der Waals surface area contributed by atoms with Crippen molar-refractivity contribution in [3.63, 3.8) is 0 Å². The predicted molar refractivity (Wildman–Crippen MR) is 162 cm³/mol. The first-order chi connectivity index (χ1) is 20.3. The Kier molecular flexibility index (Phi) is 9.12. The molecule has 0 radical (unpaired) electrons. The molecule has 1 atom stereocenters. The lowest BCUT2D eigenvalue weighted by Gasteiger charge is -2.36. The second kappa shape index (κ2) is 13.1. The van der Waals surface area contributed by atoms with Crippen LogP contribution in [-0.2, 0) is 9.59 Å². The van der Waals surface area contributed by atoms with Crippen LogP contribution < -0.4 is 9.47 Å². The van der Waals surface area contributed by atoms with E-state index in [2.05, 4.69) is 4.90 Å². The number of ether oxygens (including phenoxy) is 2. The van der Waals surface area contributed by atoms with E-state index in [-0.39, 0.29) is 24.4 Å². The highest BCUT2D eigenvalue weighted by Crippen LogP contribution is 2.38. The lowest BCUT2D eigenvalue weighted by atomic mass is 9.81. The van der Waals surface area contributed by atoms with Gasteiger partial charge in [0.15, 0.2) is 12.4 Å². The maximum absolute atomic E-state index is 14.1. The number of amides is 1. The molecule has 1 unspecified atom stereocenters. The zero-order chi connectivity index (χ0) is 29.6. The third-order valence-electron chi connectivity index (χ3n) is 7.58. The zero-order valence-electron chi connectivity index (χ0n) is 24.4. The Bertz CT molecular complexity index is 1460. The molecule has 0 saturated carbocycles. The topological polar surface area (TPSA) is 88.5 Å². The number of Topliss-reactive ketones (excluding diaryl/α,β-unsaturated/α-hetero) is 1. The summed E-state index contributed by atoms with van der Waals surface area (Å²) < 4.78 is 11.8. The smallest absolute Gasteiger partial charge is 0.260 e. The standard InChI is InChI=1S/C34H37N3O5/c1-23(2)42-31-14-11-25(21-38)19-28(31)33-30(35-29-8-6-4-5-7-27(29)34(33)40)20-36-15-17-37(18-16-36)32(39)22-41-26-12-9-24(3)10-13-26/h4-5,7-14,19,21,23,33H,6,15-18,20,22H2,1-3H3. The maximum Gasteiger partial charge on any atom is 0.260 e. The second-order valence-corrected chi connectivity index (χ2v) is 11.1. The van der Waals surface area contributed by atoms with Crippen molar-refractivity contribution < 1.29 is 23.9 Å². The van der Waals surface area contributed by atoms with Crippen LogP contribution in [0.1, 0.15) is 47.7 Å². The zero-order valence-corrected chi connectivity index (χ0v) is 24.4. The van der Waals surface area contributed by atoms with E-state index >= 15 is 0 Å². The van der Waals surface area contributed by atoms with Gasteiger partial charge in [0, 0.05) is 55.1 Å². The summed E-state index contributed by atoms with van der Waals surface area (Å²) in [4.78, 5) is 47.7. The molecule has 42 heavy (non-hydrogen) atoms. The van der Waals surface area contributed by atoms with E-state index in [0.29, 0.717) is 78.8 Å². The van der Waals surface area contributed by atoms with E-state index in [1.165, 1.54) is 0 Å². The lowest BCUT2D eigenvalue weighted by molar-refractivity contribution is -0.135. The van der Waals surface area contributed by atoms with Crippen LogP contribution in [0, 0.1) is 6.92 Å². The number of hydrogen-bond acceptors (Lipinski definition) is 7. The van der Waals surface area contributed by atoms with Crippen LogP contribution >= 0.6 is 0 Å². The third kappa shape index (κ3) is 6.77. The van der Waals surface area contributed by atoms with Gasteiger partial charge in [-0.15, -0.1) is 0 Å². The van der Waals surface area contributed by atoms with Crippen molar-refractivity contribution in [3.8, 4) is 11.5 Å². The number of ketones is 1. The Balaban J connectivity index is 1.34. The van der Waals surface area contributed by atoms with Gasteiger partial charge < -0.3 is 14.4 Å². The highest BCUT2D eigenvalue weighted by atomic mass is 16.5. The fourth-order valence-corrected chi connectivity index (χ4v) is 5.39. The minimum Gasteiger partial charge on any atom is -0.491 e. The van der Waals surface area contributed by atoms with Crippen LogP contribution in [0.4, 0.5) is 0 Å². The number of benzene rings is 2. The Morgan fingerprint density at radius 2 is 1.86 bits per heavy atom. The number of aryl methyl sites for hydroxylation is 1. The number of aldehydes is 1.